The van der Waals surface area contributed by atoms with E-state index in [1.807, 2.05) is 39.9 Å². The predicted octanol–water partition coefficient (Wildman–Crippen LogP) is 1.34. The van der Waals surface area contributed by atoms with Gasteiger partial charge in [0.25, 0.3) is 0 Å². The molecule has 1 aliphatic heterocycles. The number of fused-ring (bicyclic) bond motifs is 1. The number of methoxy groups -OCH3 is 1. The Kier molecular flexibility index (Phi) is 4.23. The number of carbonyl (C=O) groups is 2. The average molecular weight is 315 g/mol. The van der Waals surface area contributed by atoms with Gasteiger partial charge < -0.3 is 19.1 Å². The molecule has 1 fully saturated rings. The smallest absolute Gasteiger partial charge is 0.242 e. The number of aromatic nitrogens is 1. The number of hydrogen-bond acceptors (Lipinski definition) is 3. The number of rotatable bonds is 3. The molecule has 2 heterocycles. The Morgan fingerprint density at radius 1 is 1.09 bits per heavy atom. The zero-order valence-corrected chi connectivity index (χ0v) is 13.5. The second kappa shape index (κ2) is 6.32. The van der Waals surface area contributed by atoms with Gasteiger partial charge in [-0.15, -0.1) is 0 Å². The van der Waals surface area contributed by atoms with Gasteiger partial charge in [0, 0.05) is 50.2 Å². The van der Waals surface area contributed by atoms with E-state index < -0.39 is 0 Å². The summed E-state index contributed by atoms with van der Waals surface area (Å²) in [4.78, 5) is 27.4. The highest BCUT2D eigenvalue weighted by molar-refractivity contribution is 5.84. The van der Waals surface area contributed by atoms with E-state index in [1.165, 1.54) is 0 Å². The third-order valence-corrected chi connectivity index (χ3v) is 4.36. The molecule has 3 rings (SSSR count). The maximum atomic E-state index is 12.5. The van der Waals surface area contributed by atoms with Gasteiger partial charge in [-0.2, -0.15) is 0 Å². The third-order valence-electron chi connectivity index (χ3n) is 4.36. The van der Waals surface area contributed by atoms with Crippen LogP contribution in [0.2, 0.25) is 0 Å². The molecule has 0 unspecified atom stereocenters. The van der Waals surface area contributed by atoms with Crippen LogP contribution >= 0.6 is 0 Å². The van der Waals surface area contributed by atoms with E-state index >= 15 is 0 Å². The number of nitrogens with zero attached hydrogens (tertiary/aromatic N) is 3. The minimum absolute atomic E-state index is 0.0717. The molecule has 2 aromatic rings. The standard InChI is InChI=1S/C17H21N3O3/c1-13(21)18-7-9-19(10-8-18)17(22)12-20-6-5-14-11-15(23-2)3-4-16(14)20/h3-6,11H,7-10,12H2,1-2H3. The first-order valence-corrected chi connectivity index (χ1v) is 7.74. The fourth-order valence-electron chi connectivity index (χ4n) is 2.96. The van der Waals surface area contributed by atoms with Gasteiger partial charge >= 0.3 is 0 Å². The monoisotopic (exact) mass is 315 g/mol. The molecule has 1 saturated heterocycles. The van der Waals surface area contributed by atoms with Crippen molar-refractivity contribution in [3.8, 4) is 5.75 Å². The lowest BCUT2D eigenvalue weighted by Crippen LogP contribution is -2.50. The van der Waals surface area contributed by atoms with Gasteiger partial charge in [-0.05, 0) is 24.3 Å². The molecule has 0 aliphatic carbocycles. The van der Waals surface area contributed by atoms with E-state index in [4.69, 9.17) is 4.74 Å². The van der Waals surface area contributed by atoms with Crippen molar-refractivity contribution in [2.45, 2.75) is 13.5 Å². The maximum Gasteiger partial charge on any atom is 0.242 e. The number of carbonyl (C=O) groups excluding carboxylic acids is 2. The highest BCUT2D eigenvalue weighted by Gasteiger charge is 2.22. The number of amides is 2. The van der Waals surface area contributed by atoms with Crippen LogP contribution in [-0.4, -0.2) is 59.5 Å². The molecule has 1 aliphatic rings. The van der Waals surface area contributed by atoms with Crippen molar-refractivity contribution < 1.29 is 14.3 Å². The Bertz CT molecular complexity index is 730. The van der Waals surface area contributed by atoms with Crippen LogP contribution in [0.25, 0.3) is 10.9 Å². The van der Waals surface area contributed by atoms with Crippen molar-refractivity contribution in [1.29, 1.82) is 0 Å². The van der Waals surface area contributed by atoms with Gasteiger partial charge in [-0.1, -0.05) is 0 Å². The van der Waals surface area contributed by atoms with Gasteiger partial charge in [-0.3, -0.25) is 9.59 Å². The second-order valence-electron chi connectivity index (χ2n) is 5.76. The summed E-state index contributed by atoms with van der Waals surface area (Å²) in [6.45, 7) is 4.32. The minimum atomic E-state index is 0.0717. The van der Waals surface area contributed by atoms with E-state index in [2.05, 4.69) is 0 Å². The van der Waals surface area contributed by atoms with Crippen molar-refractivity contribution in [1.82, 2.24) is 14.4 Å². The van der Waals surface area contributed by atoms with Crippen molar-refractivity contribution in [3.63, 3.8) is 0 Å². The van der Waals surface area contributed by atoms with Crippen LogP contribution in [0.5, 0.6) is 5.75 Å². The van der Waals surface area contributed by atoms with Gasteiger partial charge in [0.05, 0.1) is 7.11 Å². The molecule has 0 atom stereocenters. The minimum Gasteiger partial charge on any atom is -0.497 e. The highest BCUT2D eigenvalue weighted by Crippen LogP contribution is 2.22. The summed E-state index contributed by atoms with van der Waals surface area (Å²) in [6, 6.07) is 7.81. The molecule has 2 amide bonds. The van der Waals surface area contributed by atoms with Crippen LogP contribution in [0.3, 0.4) is 0 Å². The van der Waals surface area contributed by atoms with Crippen molar-refractivity contribution in [2.75, 3.05) is 33.3 Å². The maximum absolute atomic E-state index is 12.5. The summed E-state index contributed by atoms with van der Waals surface area (Å²) >= 11 is 0. The topological polar surface area (TPSA) is 54.8 Å². The SMILES string of the molecule is COc1ccc2c(ccn2CC(=O)N2CCN(C(C)=O)CC2)c1. The molecular formula is C17H21N3O3. The van der Waals surface area contributed by atoms with Gasteiger partial charge in [-0.25, -0.2) is 0 Å². The molecule has 0 radical (unpaired) electrons. The van der Waals surface area contributed by atoms with E-state index in [9.17, 15) is 9.59 Å². The van der Waals surface area contributed by atoms with Gasteiger partial charge in [0.2, 0.25) is 11.8 Å². The number of hydrogen-bond donors (Lipinski definition) is 0. The van der Waals surface area contributed by atoms with Crippen LogP contribution in [0.4, 0.5) is 0 Å². The molecule has 122 valence electrons. The molecule has 1 aromatic heterocycles. The average Bonchev–Trinajstić information content (AvgIpc) is 2.97. The summed E-state index contributed by atoms with van der Waals surface area (Å²) in [5.74, 6) is 0.964. The quantitative estimate of drug-likeness (QED) is 0.859. The molecule has 0 N–H and O–H groups in total. The third kappa shape index (κ3) is 3.16. The number of ether oxygens (including phenoxy) is 1. The molecule has 6 nitrogen and oxygen atoms in total. The summed E-state index contributed by atoms with van der Waals surface area (Å²) in [6.07, 6.45) is 1.92. The summed E-state index contributed by atoms with van der Waals surface area (Å²) in [7, 11) is 1.64. The first-order valence-electron chi connectivity index (χ1n) is 7.74. The van der Waals surface area contributed by atoms with Crippen LogP contribution in [0.15, 0.2) is 30.5 Å². The van der Waals surface area contributed by atoms with Crippen LogP contribution in [0, 0.1) is 0 Å². The first kappa shape index (κ1) is 15.4. The van der Waals surface area contributed by atoms with E-state index in [0.29, 0.717) is 32.7 Å². The highest BCUT2D eigenvalue weighted by atomic mass is 16.5. The number of benzene rings is 1. The fourth-order valence-corrected chi connectivity index (χ4v) is 2.96. The van der Waals surface area contributed by atoms with E-state index in [1.54, 1.807) is 18.9 Å². The van der Waals surface area contributed by atoms with Gasteiger partial charge in [0.1, 0.15) is 12.3 Å². The van der Waals surface area contributed by atoms with Gasteiger partial charge in [0.15, 0.2) is 0 Å². The first-order chi connectivity index (χ1) is 11.1. The summed E-state index contributed by atoms with van der Waals surface area (Å²) in [5, 5.41) is 1.05. The number of piperazine rings is 1. The van der Waals surface area contributed by atoms with E-state index in [0.717, 1.165) is 16.7 Å². The molecule has 0 spiro atoms. The Morgan fingerprint density at radius 2 is 1.78 bits per heavy atom. The zero-order chi connectivity index (χ0) is 16.4. The summed E-state index contributed by atoms with van der Waals surface area (Å²) in [5.41, 5.74) is 1.02. The lowest BCUT2D eigenvalue weighted by atomic mass is 10.2. The normalized spacial score (nSPS) is 15.0. The van der Waals surface area contributed by atoms with Crippen molar-refractivity contribution in [3.05, 3.63) is 30.5 Å². The molecule has 6 heteroatoms. The Hall–Kier alpha value is -2.50. The Balaban J connectivity index is 1.68. The molecule has 0 bridgehead atoms. The summed E-state index contributed by atoms with van der Waals surface area (Å²) < 4.78 is 7.17. The molecule has 23 heavy (non-hydrogen) atoms. The lowest BCUT2D eigenvalue weighted by molar-refractivity contribution is -0.138. The Morgan fingerprint density at radius 3 is 2.43 bits per heavy atom. The van der Waals surface area contributed by atoms with E-state index in [-0.39, 0.29) is 11.8 Å². The van der Waals surface area contributed by atoms with Crippen molar-refractivity contribution in [2.24, 2.45) is 0 Å². The second-order valence-corrected chi connectivity index (χ2v) is 5.76. The molecular weight excluding hydrogens is 294 g/mol. The molecule has 1 aromatic carbocycles. The van der Waals surface area contributed by atoms with Crippen LogP contribution in [0.1, 0.15) is 6.92 Å². The Labute approximate surface area is 135 Å². The zero-order valence-electron chi connectivity index (χ0n) is 13.5. The molecule has 0 saturated carbocycles. The lowest BCUT2D eigenvalue weighted by Gasteiger charge is -2.34. The predicted molar refractivity (Wildman–Crippen MR) is 87.3 cm³/mol. The largest absolute Gasteiger partial charge is 0.497 e. The van der Waals surface area contributed by atoms with Crippen molar-refractivity contribution >= 4 is 22.7 Å². The van der Waals surface area contributed by atoms with Crippen LogP contribution in [-0.2, 0) is 16.1 Å². The van der Waals surface area contributed by atoms with Crippen LogP contribution < -0.4 is 4.74 Å². The fraction of sp³-hybridized carbons (Fsp3) is 0.412.